The minimum atomic E-state index is -1.17. The van der Waals surface area contributed by atoms with Crippen LogP contribution in [0.1, 0.15) is 12.8 Å². The van der Waals surface area contributed by atoms with Gasteiger partial charge in [-0.3, -0.25) is 49.0 Å². The zero-order valence-corrected chi connectivity index (χ0v) is 21.6. The van der Waals surface area contributed by atoms with Gasteiger partial charge in [-0.05, 0) is 6.42 Å². The third-order valence-corrected chi connectivity index (χ3v) is 5.48. The fraction of sp³-hybridized carbons (Fsp3) is 0.737. The molecule has 1 rings (SSSR count). The third-order valence-electron chi connectivity index (χ3n) is 5.48. The number of carbonyl (C=O) groups excluding carboxylic acids is 1. The zero-order chi connectivity index (χ0) is 25.7. The number of nitrogens with one attached hydrogen (secondary N) is 1. The maximum atomic E-state index is 12.0. The molecule has 35 heavy (non-hydrogen) atoms. The minimum Gasteiger partial charge on any atom is -0.480 e. The Morgan fingerprint density at radius 2 is 1.03 bits per heavy atom. The molecule has 1 aliphatic heterocycles. The van der Waals surface area contributed by atoms with Crippen molar-refractivity contribution < 1.29 is 84.3 Å². The van der Waals surface area contributed by atoms with Crippen molar-refractivity contribution in [1.29, 1.82) is 0 Å². The average Bonchev–Trinajstić information content (AvgIpc) is 2.73. The number of nitrogens with zero attached hydrogens (tertiary/aromatic N) is 4. The molecule has 199 valence electrons. The van der Waals surface area contributed by atoms with Crippen LogP contribution in [0.2, 0.25) is 0 Å². The van der Waals surface area contributed by atoms with E-state index in [1.165, 1.54) is 0 Å². The van der Waals surface area contributed by atoms with Crippen molar-refractivity contribution in [1.82, 2.24) is 25.0 Å². The molecule has 0 aromatic carbocycles. The van der Waals surface area contributed by atoms with E-state index in [-0.39, 0.29) is 125 Å². The monoisotopic (exact) mass is 648 g/mol. The van der Waals surface area contributed by atoms with Gasteiger partial charge in [0.15, 0.2) is 0 Å². The molecule has 0 aromatic heterocycles. The molecule has 7 N–H and O–H groups in total. The van der Waals surface area contributed by atoms with E-state index in [0.29, 0.717) is 0 Å². The Kier molecular flexibility index (Phi) is 17.1. The molecule has 1 heterocycles. The van der Waals surface area contributed by atoms with Crippen molar-refractivity contribution in [2.45, 2.75) is 18.9 Å². The number of hydrogen-bond acceptors (Lipinski definition) is 10. The number of carboxylic acid groups (broad SMARTS) is 4. The van der Waals surface area contributed by atoms with E-state index in [2.05, 4.69) is 0 Å². The van der Waals surface area contributed by atoms with Crippen LogP contribution < -0.4 is 11.3 Å². The summed E-state index contributed by atoms with van der Waals surface area (Å²) in [7, 11) is 0. The number of nitrogens with two attached hydrogens (primary N) is 1. The minimum absolute atomic E-state index is 0. The first-order valence-electron chi connectivity index (χ1n) is 10.8. The molecule has 1 amide bonds. The molecule has 1 aliphatic rings. The Balaban J connectivity index is 0.0000116. The van der Waals surface area contributed by atoms with Gasteiger partial charge in [-0.15, -0.1) is 0 Å². The van der Waals surface area contributed by atoms with Gasteiger partial charge in [-0.25, -0.2) is 5.84 Å². The van der Waals surface area contributed by atoms with Gasteiger partial charge >= 0.3 is 63.8 Å². The molecule has 0 saturated carbocycles. The van der Waals surface area contributed by atoms with Crippen molar-refractivity contribution in [3.63, 3.8) is 0 Å². The largest absolute Gasteiger partial charge is 3.00 e. The molecule has 0 aromatic rings. The van der Waals surface area contributed by atoms with Crippen molar-refractivity contribution in [3.8, 4) is 0 Å². The molecule has 16 heteroatoms. The second-order valence-corrected chi connectivity index (χ2v) is 8.01. The normalized spacial score (nSPS) is 18.3. The number of hydrazine groups is 1. The Hall–Kier alpha value is -1.53. The van der Waals surface area contributed by atoms with Crippen LogP contribution in [0.15, 0.2) is 0 Å². The van der Waals surface area contributed by atoms with E-state index < -0.39 is 35.8 Å². The number of hydrogen-bond donors (Lipinski definition) is 6. The van der Waals surface area contributed by atoms with E-state index >= 15 is 0 Å². The van der Waals surface area contributed by atoms with Gasteiger partial charge in [-0.1, -0.05) is 0 Å². The smallest absolute Gasteiger partial charge is 0.480 e. The molecule has 1 saturated heterocycles. The molecule has 0 spiro atoms. The fourth-order valence-electron chi connectivity index (χ4n) is 3.71. The number of amides is 1. The topological polar surface area (TPSA) is 217 Å². The Morgan fingerprint density at radius 1 is 0.686 bits per heavy atom. The summed E-state index contributed by atoms with van der Waals surface area (Å²) < 4.78 is 0. The molecule has 1 fully saturated rings. The fourth-order valence-corrected chi connectivity index (χ4v) is 3.71. The summed E-state index contributed by atoms with van der Waals surface area (Å²) in [5, 5.41) is 37.4. The van der Waals surface area contributed by atoms with Crippen LogP contribution in [0.25, 0.3) is 0 Å². The van der Waals surface area contributed by atoms with Gasteiger partial charge < -0.3 is 20.4 Å². The summed E-state index contributed by atoms with van der Waals surface area (Å²) in [6.45, 7) is 0.664. The van der Waals surface area contributed by atoms with Crippen molar-refractivity contribution in [2.75, 3.05) is 72.0 Å². The third kappa shape index (κ3) is 14.6. The van der Waals surface area contributed by atoms with E-state index in [9.17, 15) is 44.4 Å². The molecular weight excluding hydrogens is 613 g/mol. The van der Waals surface area contributed by atoms with Gasteiger partial charge in [0, 0.05) is 58.8 Å². The van der Waals surface area contributed by atoms with Crippen molar-refractivity contribution in [2.24, 2.45) is 5.84 Å². The number of aliphatic carboxylic acids is 4. The summed E-state index contributed by atoms with van der Waals surface area (Å²) >= 11 is 0. The van der Waals surface area contributed by atoms with Crippen LogP contribution in [-0.4, -0.2) is 148 Å². The van der Waals surface area contributed by atoms with E-state index in [4.69, 9.17) is 5.84 Å². The first-order valence-corrected chi connectivity index (χ1v) is 10.8. The van der Waals surface area contributed by atoms with Crippen molar-refractivity contribution >= 4 is 29.8 Å². The van der Waals surface area contributed by atoms with Crippen molar-refractivity contribution in [3.05, 3.63) is 0 Å². The second-order valence-electron chi connectivity index (χ2n) is 8.01. The Labute approximate surface area is 234 Å². The molecule has 0 bridgehead atoms. The van der Waals surface area contributed by atoms with Gasteiger partial charge in [0.05, 0.1) is 19.6 Å². The number of rotatable bonds is 11. The first-order chi connectivity index (χ1) is 16.0. The van der Waals surface area contributed by atoms with Gasteiger partial charge in [0.1, 0.15) is 6.04 Å². The molecular formula is C19H34GdN6O9+3. The van der Waals surface area contributed by atoms with E-state index in [0.717, 1.165) is 0 Å². The van der Waals surface area contributed by atoms with E-state index in [1.54, 1.807) is 19.6 Å². The Bertz CT molecular complexity index is 697. The van der Waals surface area contributed by atoms with Gasteiger partial charge in [-0.2, -0.15) is 0 Å². The SMILES string of the molecule is NNC(=O)CC[C@H](C(=O)O)N1CCN(CC(=O)O)CCN(CC(=O)O)CCN(CC(=O)O)CC1.[Gd+3]. The summed E-state index contributed by atoms with van der Waals surface area (Å²) in [4.78, 5) is 63.7. The number of carbonyl (C=O) groups is 5. The van der Waals surface area contributed by atoms with Gasteiger partial charge in [0.25, 0.3) is 0 Å². The van der Waals surface area contributed by atoms with Crippen LogP contribution in [0.5, 0.6) is 0 Å². The summed E-state index contributed by atoms with van der Waals surface area (Å²) in [5.74, 6) is 0.164. The Morgan fingerprint density at radius 3 is 1.31 bits per heavy atom. The maximum Gasteiger partial charge on any atom is 3.00 e. The molecule has 1 radical (unpaired) electrons. The summed E-state index contributed by atoms with van der Waals surface area (Å²) in [6.07, 6.45) is -0.172. The standard InChI is InChI=1S/C19H34N6O9.Gd/c20-21-15(26)2-1-14(19(33)34)25-9-7-23(12-17(29)30)5-3-22(11-16(27)28)4-6-24(8-10-25)13-18(31)32;/h14H,1-13,20H2,(H,21,26)(H,27,28)(H,29,30)(H,31,32)(H,33,34);/q;+3/t14-;/m1./s1. The van der Waals surface area contributed by atoms with E-state index in [1.807, 2.05) is 5.43 Å². The molecule has 15 nitrogen and oxygen atoms in total. The second kappa shape index (κ2) is 17.8. The maximum absolute atomic E-state index is 12.0. The zero-order valence-electron chi connectivity index (χ0n) is 19.3. The van der Waals surface area contributed by atoms with Gasteiger partial charge in [0.2, 0.25) is 5.91 Å². The van der Waals surface area contributed by atoms with Crippen LogP contribution in [-0.2, 0) is 24.0 Å². The predicted molar refractivity (Wildman–Crippen MR) is 117 cm³/mol. The molecule has 1 atom stereocenters. The summed E-state index contributed by atoms with van der Waals surface area (Å²) in [6, 6.07) is -1.07. The molecule has 0 aliphatic carbocycles. The summed E-state index contributed by atoms with van der Waals surface area (Å²) in [5.41, 5.74) is 1.95. The first kappa shape index (κ1) is 33.5. The number of carboxylic acids is 4. The van der Waals surface area contributed by atoms with Crippen LogP contribution in [0.3, 0.4) is 0 Å². The quantitative estimate of drug-likeness (QED) is 0.0735. The van der Waals surface area contributed by atoms with Crippen LogP contribution in [0, 0.1) is 39.9 Å². The average molecular weight is 648 g/mol. The molecule has 0 unspecified atom stereocenters. The van der Waals surface area contributed by atoms with Crippen LogP contribution in [0.4, 0.5) is 0 Å². The van der Waals surface area contributed by atoms with Crippen LogP contribution >= 0.6 is 0 Å². The predicted octanol–water partition coefficient (Wildman–Crippen LogP) is -3.31.